The molecule has 2 aromatic rings. The molecule has 0 bridgehead atoms. The van der Waals surface area contributed by atoms with Crippen molar-refractivity contribution in [2.24, 2.45) is 18.8 Å². The Morgan fingerprint density at radius 1 is 1.37 bits per heavy atom. The minimum atomic E-state index is 0.345. The van der Waals surface area contributed by atoms with Gasteiger partial charge < -0.3 is 4.57 Å². The van der Waals surface area contributed by atoms with E-state index >= 15 is 0 Å². The summed E-state index contributed by atoms with van der Waals surface area (Å²) in [5.74, 6) is 7.58. The second-order valence-corrected chi connectivity index (χ2v) is 5.60. The Balaban J connectivity index is 1.85. The first-order chi connectivity index (χ1) is 9.29. The molecule has 102 valence electrons. The third-order valence-electron chi connectivity index (χ3n) is 4.47. The number of nitrogens with one attached hydrogen (secondary N) is 1. The molecule has 1 heterocycles. The average molecular weight is 258 g/mol. The Morgan fingerprint density at radius 3 is 2.79 bits per heavy atom. The van der Waals surface area contributed by atoms with Crippen molar-refractivity contribution in [1.29, 1.82) is 0 Å². The number of imidazole rings is 1. The van der Waals surface area contributed by atoms with Gasteiger partial charge in [-0.3, -0.25) is 11.3 Å². The topological polar surface area (TPSA) is 55.9 Å². The number of aromatic nitrogens is 2. The zero-order valence-electron chi connectivity index (χ0n) is 11.5. The molecule has 1 aromatic carbocycles. The molecule has 1 aromatic heterocycles. The van der Waals surface area contributed by atoms with Gasteiger partial charge in [0, 0.05) is 19.5 Å². The fourth-order valence-corrected chi connectivity index (χ4v) is 3.30. The molecule has 1 fully saturated rings. The van der Waals surface area contributed by atoms with Gasteiger partial charge in [0.2, 0.25) is 0 Å². The van der Waals surface area contributed by atoms with Gasteiger partial charge in [-0.1, -0.05) is 25.0 Å². The van der Waals surface area contributed by atoms with Crippen molar-refractivity contribution >= 4 is 11.0 Å². The van der Waals surface area contributed by atoms with Crippen LogP contribution in [0.2, 0.25) is 0 Å². The van der Waals surface area contributed by atoms with Crippen LogP contribution in [0.4, 0.5) is 0 Å². The maximum absolute atomic E-state index is 5.76. The summed E-state index contributed by atoms with van der Waals surface area (Å²) >= 11 is 0. The molecule has 1 saturated carbocycles. The highest BCUT2D eigenvalue weighted by Gasteiger charge is 2.25. The van der Waals surface area contributed by atoms with E-state index in [-0.39, 0.29) is 0 Å². The van der Waals surface area contributed by atoms with Gasteiger partial charge in [-0.05, 0) is 30.9 Å². The summed E-state index contributed by atoms with van der Waals surface area (Å²) in [4.78, 5) is 4.74. The number of aryl methyl sites for hydroxylation is 1. The zero-order valence-corrected chi connectivity index (χ0v) is 11.5. The highest BCUT2D eigenvalue weighted by atomic mass is 15.2. The first-order valence-electron chi connectivity index (χ1n) is 7.16. The van der Waals surface area contributed by atoms with E-state index in [0.717, 1.165) is 17.8 Å². The summed E-state index contributed by atoms with van der Waals surface area (Å²) in [6, 6.07) is 8.63. The third kappa shape index (κ3) is 2.38. The second kappa shape index (κ2) is 5.31. The summed E-state index contributed by atoms with van der Waals surface area (Å²) in [6.45, 7) is 0. The number of hydrogen-bond acceptors (Lipinski definition) is 3. The number of rotatable bonds is 4. The van der Waals surface area contributed by atoms with E-state index in [4.69, 9.17) is 10.8 Å². The summed E-state index contributed by atoms with van der Waals surface area (Å²) in [7, 11) is 2.09. The predicted molar refractivity (Wildman–Crippen MR) is 77.5 cm³/mol. The molecule has 3 rings (SSSR count). The fourth-order valence-electron chi connectivity index (χ4n) is 3.30. The van der Waals surface area contributed by atoms with Crippen LogP contribution in [0.1, 0.15) is 31.5 Å². The SMILES string of the molecule is Cn1c(CC(NN)C2CCCC2)nc2ccccc21. The van der Waals surface area contributed by atoms with E-state index in [1.165, 1.54) is 31.2 Å². The van der Waals surface area contributed by atoms with Gasteiger partial charge in [0.1, 0.15) is 5.82 Å². The minimum Gasteiger partial charge on any atom is -0.331 e. The van der Waals surface area contributed by atoms with Gasteiger partial charge in [-0.25, -0.2) is 4.98 Å². The van der Waals surface area contributed by atoms with Gasteiger partial charge in [-0.2, -0.15) is 0 Å². The summed E-state index contributed by atoms with van der Waals surface area (Å²) < 4.78 is 2.19. The standard InChI is InChI=1S/C15H22N4/c1-19-14-9-5-4-8-12(14)17-15(19)10-13(18-16)11-6-2-3-7-11/h4-5,8-9,11,13,18H,2-3,6-7,10,16H2,1H3. The van der Waals surface area contributed by atoms with E-state index < -0.39 is 0 Å². The first kappa shape index (κ1) is 12.6. The Bertz CT molecular complexity index is 554. The Morgan fingerprint density at radius 2 is 2.11 bits per heavy atom. The van der Waals surface area contributed by atoms with Gasteiger partial charge in [0.15, 0.2) is 0 Å². The van der Waals surface area contributed by atoms with E-state index in [1.54, 1.807) is 0 Å². The van der Waals surface area contributed by atoms with Crippen LogP contribution < -0.4 is 11.3 Å². The number of nitrogens with zero attached hydrogens (tertiary/aromatic N) is 2. The fraction of sp³-hybridized carbons (Fsp3) is 0.533. The number of hydrogen-bond donors (Lipinski definition) is 2. The van der Waals surface area contributed by atoms with Crippen LogP contribution in [0.3, 0.4) is 0 Å². The molecule has 0 radical (unpaired) electrons. The number of fused-ring (bicyclic) bond motifs is 1. The molecule has 0 spiro atoms. The van der Waals surface area contributed by atoms with Crippen LogP contribution in [0.5, 0.6) is 0 Å². The summed E-state index contributed by atoms with van der Waals surface area (Å²) in [5.41, 5.74) is 5.28. The molecule has 1 atom stereocenters. The lowest BCUT2D eigenvalue weighted by atomic mass is 9.96. The van der Waals surface area contributed by atoms with E-state index in [9.17, 15) is 0 Å². The maximum atomic E-state index is 5.76. The molecule has 3 N–H and O–H groups in total. The van der Waals surface area contributed by atoms with Crippen LogP contribution in [0.15, 0.2) is 24.3 Å². The first-order valence-corrected chi connectivity index (χ1v) is 7.16. The van der Waals surface area contributed by atoms with Gasteiger partial charge in [-0.15, -0.1) is 0 Å². The molecular weight excluding hydrogens is 236 g/mol. The van der Waals surface area contributed by atoms with Crippen molar-refractivity contribution in [3.8, 4) is 0 Å². The molecule has 4 heteroatoms. The molecule has 19 heavy (non-hydrogen) atoms. The van der Waals surface area contributed by atoms with Crippen molar-refractivity contribution in [2.45, 2.75) is 38.1 Å². The molecule has 4 nitrogen and oxygen atoms in total. The lowest BCUT2D eigenvalue weighted by Crippen LogP contribution is -2.42. The molecular formula is C15H22N4. The lowest BCUT2D eigenvalue weighted by molar-refractivity contribution is 0.354. The average Bonchev–Trinajstić information content (AvgIpc) is 3.06. The van der Waals surface area contributed by atoms with Crippen LogP contribution in [-0.2, 0) is 13.5 Å². The Hall–Kier alpha value is -1.39. The van der Waals surface area contributed by atoms with Crippen molar-refractivity contribution in [1.82, 2.24) is 15.0 Å². The van der Waals surface area contributed by atoms with E-state index in [1.807, 2.05) is 6.07 Å². The third-order valence-corrected chi connectivity index (χ3v) is 4.47. The summed E-state index contributed by atoms with van der Waals surface area (Å²) in [5, 5.41) is 0. The number of para-hydroxylation sites is 2. The van der Waals surface area contributed by atoms with Gasteiger partial charge in [0.25, 0.3) is 0 Å². The number of benzene rings is 1. The Kier molecular flexibility index (Phi) is 3.53. The van der Waals surface area contributed by atoms with Crippen LogP contribution in [-0.4, -0.2) is 15.6 Å². The van der Waals surface area contributed by atoms with E-state index in [0.29, 0.717) is 12.0 Å². The molecule has 0 saturated heterocycles. The zero-order chi connectivity index (χ0) is 13.2. The molecule has 0 aliphatic heterocycles. The Labute approximate surface area is 114 Å². The van der Waals surface area contributed by atoms with Crippen molar-refractivity contribution in [3.63, 3.8) is 0 Å². The molecule has 0 amide bonds. The van der Waals surface area contributed by atoms with E-state index in [2.05, 4.69) is 35.2 Å². The number of nitrogens with two attached hydrogens (primary N) is 1. The molecule has 1 unspecified atom stereocenters. The smallest absolute Gasteiger partial charge is 0.111 e. The molecule has 1 aliphatic rings. The van der Waals surface area contributed by atoms with Gasteiger partial charge >= 0.3 is 0 Å². The molecule has 1 aliphatic carbocycles. The quantitative estimate of drug-likeness (QED) is 0.652. The van der Waals surface area contributed by atoms with Crippen molar-refractivity contribution in [3.05, 3.63) is 30.1 Å². The largest absolute Gasteiger partial charge is 0.331 e. The number of hydrazine groups is 1. The highest BCUT2D eigenvalue weighted by molar-refractivity contribution is 5.75. The van der Waals surface area contributed by atoms with Crippen LogP contribution in [0, 0.1) is 5.92 Å². The monoisotopic (exact) mass is 258 g/mol. The maximum Gasteiger partial charge on any atom is 0.111 e. The normalized spacial score (nSPS) is 18.2. The van der Waals surface area contributed by atoms with Crippen LogP contribution >= 0.6 is 0 Å². The summed E-state index contributed by atoms with van der Waals surface area (Å²) in [6.07, 6.45) is 6.17. The second-order valence-electron chi connectivity index (χ2n) is 5.60. The minimum absolute atomic E-state index is 0.345. The van der Waals surface area contributed by atoms with Crippen LogP contribution in [0.25, 0.3) is 11.0 Å². The highest BCUT2D eigenvalue weighted by Crippen LogP contribution is 2.29. The lowest BCUT2D eigenvalue weighted by Gasteiger charge is -2.22. The van der Waals surface area contributed by atoms with Crippen molar-refractivity contribution in [2.75, 3.05) is 0 Å². The van der Waals surface area contributed by atoms with Crippen molar-refractivity contribution < 1.29 is 0 Å². The van der Waals surface area contributed by atoms with Gasteiger partial charge in [0.05, 0.1) is 11.0 Å². The predicted octanol–water partition coefficient (Wildman–Crippen LogP) is 2.14.